The van der Waals surface area contributed by atoms with Gasteiger partial charge in [0.2, 0.25) is 10.0 Å². The normalized spacial score (nSPS) is 20.4. The molecule has 1 aliphatic rings. The Kier molecular flexibility index (Phi) is 4.08. The first-order chi connectivity index (χ1) is 6.17. The van der Waals surface area contributed by atoms with Crippen molar-refractivity contribution in [1.29, 1.82) is 0 Å². The zero-order chi connectivity index (χ0) is 9.73. The van der Waals surface area contributed by atoms with Crippen LogP contribution in [0, 0.1) is 0 Å². The van der Waals surface area contributed by atoms with Crippen LogP contribution in [0.1, 0.15) is 6.42 Å². The molecule has 0 bridgehead atoms. The molecule has 0 atom stereocenters. The SMILES string of the molecule is O=S(=O)(CCCF)N1CCOCC1. The summed E-state index contributed by atoms with van der Waals surface area (Å²) < 4.78 is 41.1. The molecule has 13 heavy (non-hydrogen) atoms. The number of rotatable bonds is 4. The van der Waals surface area contributed by atoms with Gasteiger partial charge in [0.1, 0.15) is 0 Å². The smallest absolute Gasteiger partial charge is 0.214 e. The summed E-state index contributed by atoms with van der Waals surface area (Å²) in [5, 5.41) is 0. The van der Waals surface area contributed by atoms with Gasteiger partial charge in [0, 0.05) is 13.1 Å². The maximum absolute atomic E-state index is 11.8. The van der Waals surface area contributed by atoms with Gasteiger partial charge < -0.3 is 4.74 Å². The molecule has 0 amide bonds. The Bertz CT molecular complexity index is 236. The molecular formula is C7H14FNO3S. The number of morpholine rings is 1. The van der Waals surface area contributed by atoms with Gasteiger partial charge in [0.05, 0.1) is 25.6 Å². The highest BCUT2D eigenvalue weighted by atomic mass is 32.2. The van der Waals surface area contributed by atoms with Crippen LogP contribution in [-0.4, -0.2) is 51.5 Å². The molecule has 0 saturated carbocycles. The quantitative estimate of drug-likeness (QED) is 0.658. The van der Waals surface area contributed by atoms with E-state index in [0.717, 1.165) is 0 Å². The molecule has 1 rings (SSSR count). The van der Waals surface area contributed by atoms with Crippen molar-refractivity contribution in [2.45, 2.75) is 6.42 Å². The van der Waals surface area contributed by atoms with Crippen LogP contribution in [0.3, 0.4) is 0 Å². The van der Waals surface area contributed by atoms with E-state index < -0.39 is 16.7 Å². The Balaban J connectivity index is 2.47. The zero-order valence-electron chi connectivity index (χ0n) is 7.41. The van der Waals surface area contributed by atoms with Crippen LogP contribution in [0.5, 0.6) is 0 Å². The molecule has 0 radical (unpaired) electrons. The van der Waals surface area contributed by atoms with Crippen molar-refractivity contribution in [1.82, 2.24) is 4.31 Å². The van der Waals surface area contributed by atoms with Gasteiger partial charge in [-0.05, 0) is 6.42 Å². The maximum atomic E-state index is 11.8. The van der Waals surface area contributed by atoms with Crippen molar-refractivity contribution in [3.63, 3.8) is 0 Å². The number of hydrogen-bond donors (Lipinski definition) is 0. The molecule has 0 aromatic carbocycles. The lowest BCUT2D eigenvalue weighted by Crippen LogP contribution is -2.41. The Morgan fingerprint density at radius 1 is 1.31 bits per heavy atom. The van der Waals surface area contributed by atoms with Crippen molar-refractivity contribution < 1.29 is 17.5 Å². The van der Waals surface area contributed by atoms with E-state index in [-0.39, 0.29) is 12.2 Å². The van der Waals surface area contributed by atoms with E-state index in [1.807, 2.05) is 0 Å². The fourth-order valence-corrected chi connectivity index (χ4v) is 2.63. The molecule has 0 aromatic rings. The molecule has 1 aliphatic heterocycles. The van der Waals surface area contributed by atoms with Gasteiger partial charge in [0.15, 0.2) is 0 Å². The number of nitrogens with zero attached hydrogens (tertiary/aromatic N) is 1. The summed E-state index contributed by atoms with van der Waals surface area (Å²) in [4.78, 5) is 0. The number of halogens is 1. The van der Waals surface area contributed by atoms with Crippen molar-refractivity contribution in [3.05, 3.63) is 0 Å². The highest BCUT2D eigenvalue weighted by Gasteiger charge is 2.23. The molecule has 0 N–H and O–H groups in total. The minimum Gasteiger partial charge on any atom is -0.379 e. The summed E-state index contributed by atoms with van der Waals surface area (Å²) in [6.45, 7) is 1.09. The van der Waals surface area contributed by atoms with Gasteiger partial charge in [-0.2, -0.15) is 4.31 Å². The van der Waals surface area contributed by atoms with E-state index in [1.165, 1.54) is 4.31 Å². The van der Waals surface area contributed by atoms with Crippen LogP contribution < -0.4 is 0 Å². The molecule has 0 aliphatic carbocycles. The first-order valence-corrected chi connectivity index (χ1v) is 5.89. The Hall–Kier alpha value is -0.200. The highest BCUT2D eigenvalue weighted by molar-refractivity contribution is 7.89. The molecule has 0 aromatic heterocycles. The minimum absolute atomic E-state index is 0.0830. The van der Waals surface area contributed by atoms with Gasteiger partial charge in [-0.3, -0.25) is 4.39 Å². The zero-order valence-corrected chi connectivity index (χ0v) is 8.22. The number of hydrogen-bond acceptors (Lipinski definition) is 3. The van der Waals surface area contributed by atoms with E-state index in [9.17, 15) is 12.8 Å². The van der Waals surface area contributed by atoms with Gasteiger partial charge in [-0.15, -0.1) is 0 Å². The summed E-state index contributed by atoms with van der Waals surface area (Å²) in [6, 6.07) is 0. The van der Waals surface area contributed by atoms with E-state index >= 15 is 0 Å². The van der Waals surface area contributed by atoms with Gasteiger partial charge in [-0.1, -0.05) is 0 Å². The topological polar surface area (TPSA) is 46.6 Å². The Labute approximate surface area is 77.7 Å². The van der Waals surface area contributed by atoms with Crippen LogP contribution >= 0.6 is 0 Å². The average Bonchev–Trinajstić information content (AvgIpc) is 2.16. The van der Waals surface area contributed by atoms with E-state index in [1.54, 1.807) is 0 Å². The van der Waals surface area contributed by atoms with E-state index in [0.29, 0.717) is 26.3 Å². The van der Waals surface area contributed by atoms with Gasteiger partial charge in [0.25, 0.3) is 0 Å². The molecule has 0 spiro atoms. The van der Waals surface area contributed by atoms with Crippen LogP contribution in [-0.2, 0) is 14.8 Å². The largest absolute Gasteiger partial charge is 0.379 e. The lowest BCUT2D eigenvalue weighted by Gasteiger charge is -2.25. The number of alkyl halides is 1. The lowest BCUT2D eigenvalue weighted by molar-refractivity contribution is 0.0730. The fraction of sp³-hybridized carbons (Fsp3) is 1.00. The first-order valence-electron chi connectivity index (χ1n) is 4.28. The molecule has 1 saturated heterocycles. The lowest BCUT2D eigenvalue weighted by atomic mass is 10.5. The second kappa shape index (κ2) is 4.88. The predicted octanol–water partition coefficient (Wildman–Crippen LogP) is 0.00800. The van der Waals surface area contributed by atoms with Crippen molar-refractivity contribution in [2.75, 3.05) is 38.7 Å². The number of sulfonamides is 1. The van der Waals surface area contributed by atoms with Crippen LogP contribution in [0.2, 0.25) is 0 Å². The fourth-order valence-electron chi connectivity index (χ4n) is 1.19. The van der Waals surface area contributed by atoms with Crippen LogP contribution in [0.4, 0.5) is 4.39 Å². The van der Waals surface area contributed by atoms with Crippen molar-refractivity contribution >= 4 is 10.0 Å². The third-order valence-corrected chi connectivity index (χ3v) is 3.86. The third-order valence-electron chi connectivity index (χ3n) is 1.90. The van der Waals surface area contributed by atoms with Gasteiger partial charge in [-0.25, -0.2) is 8.42 Å². The molecule has 1 fully saturated rings. The average molecular weight is 211 g/mol. The Morgan fingerprint density at radius 3 is 2.46 bits per heavy atom. The molecule has 0 unspecified atom stereocenters. The van der Waals surface area contributed by atoms with E-state index in [4.69, 9.17) is 4.74 Å². The third kappa shape index (κ3) is 3.21. The molecule has 78 valence electrons. The van der Waals surface area contributed by atoms with Crippen LogP contribution in [0.25, 0.3) is 0 Å². The van der Waals surface area contributed by atoms with Crippen LogP contribution in [0.15, 0.2) is 0 Å². The summed E-state index contributed by atoms with van der Waals surface area (Å²) >= 11 is 0. The minimum atomic E-state index is -3.23. The highest BCUT2D eigenvalue weighted by Crippen LogP contribution is 2.06. The second-order valence-electron chi connectivity index (χ2n) is 2.87. The van der Waals surface area contributed by atoms with Crippen molar-refractivity contribution in [2.24, 2.45) is 0 Å². The van der Waals surface area contributed by atoms with E-state index in [2.05, 4.69) is 0 Å². The molecule has 1 heterocycles. The predicted molar refractivity (Wildman–Crippen MR) is 46.8 cm³/mol. The molecular weight excluding hydrogens is 197 g/mol. The number of ether oxygens (including phenoxy) is 1. The second-order valence-corrected chi connectivity index (χ2v) is 4.96. The standard InChI is InChI=1S/C7H14FNO3S/c8-2-1-7-13(10,11)9-3-5-12-6-4-9/h1-7H2. The molecule has 4 nitrogen and oxygen atoms in total. The monoisotopic (exact) mass is 211 g/mol. The van der Waals surface area contributed by atoms with Gasteiger partial charge >= 0.3 is 0 Å². The summed E-state index contributed by atoms with van der Waals surface area (Å²) in [5.74, 6) is -0.0938. The Morgan fingerprint density at radius 2 is 1.92 bits per heavy atom. The first kappa shape index (κ1) is 10.9. The van der Waals surface area contributed by atoms with Crippen molar-refractivity contribution in [3.8, 4) is 0 Å². The summed E-state index contributed by atoms with van der Waals surface area (Å²) in [5.41, 5.74) is 0. The molecule has 6 heteroatoms. The maximum Gasteiger partial charge on any atom is 0.214 e. The summed E-state index contributed by atoms with van der Waals surface area (Å²) in [7, 11) is -3.23. The summed E-state index contributed by atoms with van der Waals surface area (Å²) in [6.07, 6.45) is 0.0830.